The van der Waals surface area contributed by atoms with E-state index in [9.17, 15) is 19.5 Å². The lowest BCUT2D eigenvalue weighted by atomic mass is 9.77. The number of pyridine rings is 2. The molecule has 1 aliphatic carbocycles. The molecule has 0 radical (unpaired) electrons. The number of hydrogen-bond donors (Lipinski definition) is 1. The Bertz CT molecular complexity index is 1620. The number of fused-ring (bicyclic) bond motifs is 5. The van der Waals surface area contributed by atoms with Crippen LogP contribution < -0.4 is 10.3 Å². The fourth-order valence-corrected chi connectivity index (χ4v) is 7.27. The Hall–Kier alpha value is -3.56. The molecule has 9 nitrogen and oxygen atoms in total. The number of piperidine rings is 2. The van der Waals surface area contributed by atoms with Gasteiger partial charge in [0.2, 0.25) is 0 Å². The van der Waals surface area contributed by atoms with Crippen molar-refractivity contribution in [1.29, 1.82) is 0 Å². The van der Waals surface area contributed by atoms with Crippen LogP contribution in [0.25, 0.3) is 22.3 Å². The molecule has 0 bridgehead atoms. The standard InChI is InChI=1S/C32H36N4O5/c1-2-32(40)25-18-27-29-21(19-36(27)30(38)24(25)7-9-28(32)37)16-20-17-23(6-8-26(20)33-29)41-31(39)35-14-10-22(11-15-35)34-12-4-3-5-13-34/h6,8,16-18,22,40H,2-5,7,9-15,19H2,1H3/t32-/m0/s1. The van der Waals surface area contributed by atoms with Gasteiger partial charge < -0.3 is 24.2 Å². The van der Waals surface area contributed by atoms with E-state index >= 15 is 0 Å². The van der Waals surface area contributed by atoms with Gasteiger partial charge in [-0.05, 0) is 81.9 Å². The van der Waals surface area contributed by atoms with Crippen LogP contribution in [-0.2, 0) is 23.4 Å². The van der Waals surface area contributed by atoms with Crippen LogP contribution in [0.2, 0.25) is 0 Å². The van der Waals surface area contributed by atoms with E-state index in [4.69, 9.17) is 9.72 Å². The zero-order chi connectivity index (χ0) is 28.3. The Balaban J connectivity index is 1.11. The number of carbonyl (C=O) groups excluding carboxylic acids is 2. The predicted molar refractivity (Wildman–Crippen MR) is 154 cm³/mol. The molecule has 0 saturated carbocycles. The molecule has 0 spiro atoms. The summed E-state index contributed by atoms with van der Waals surface area (Å²) in [4.78, 5) is 48.3. The third kappa shape index (κ3) is 4.37. The van der Waals surface area contributed by atoms with E-state index in [2.05, 4.69) is 4.90 Å². The van der Waals surface area contributed by atoms with Crippen LogP contribution in [0.5, 0.6) is 5.75 Å². The maximum Gasteiger partial charge on any atom is 0.415 e. The van der Waals surface area contributed by atoms with Crippen LogP contribution >= 0.6 is 0 Å². The number of likely N-dealkylation sites (tertiary alicyclic amines) is 2. The lowest BCUT2D eigenvalue weighted by molar-refractivity contribution is -0.140. The summed E-state index contributed by atoms with van der Waals surface area (Å²) in [5.41, 5.74) is 2.03. The number of rotatable bonds is 3. The lowest BCUT2D eigenvalue weighted by Crippen LogP contribution is -2.48. The van der Waals surface area contributed by atoms with Crippen LogP contribution in [0.15, 0.2) is 35.1 Å². The normalized spacial score (nSPS) is 22.9. The minimum absolute atomic E-state index is 0.166. The number of benzene rings is 1. The summed E-state index contributed by atoms with van der Waals surface area (Å²) in [5.74, 6) is 0.229. The Morgan fingerprint density at radius 3 is 2.59 bits per heavy atom. The van der Waals surface area contributed by atoms with Gasteiger partial charge in [-0.2, -0.15) is 0 Å². The number of nitrogens with zero attached hydrogens (tertiary/aromatic N) is 4. The van der Waals surface area contributed by atoms with E-state index in [1.807, 2.05) is 18.2 Å². The first-order chi connectivity index (χ1) is 19.9. The van der Waals surface area contributed by atoms with Gasteiger partial charge in [0.25, 0.3) is 5.56 Å². The molecule has 41 heavy (non-hydrogen) atoms. The molecule has 1 amide bonds. The molecule has 3 aliphatic heterocycles. The number of Topliss-reactive ketones (excluding diaryl/α,β-unsaturated/α-hetero) is 1. The highest BCUT2D eigenvalue weighted by molar-refractivity contribution is 5.91. The summed E-state index contributed by atoms with van der Waals surface area (Å²) in [6.07, 6.45) is 6.24. The van der Waals surface area contributed by atoms with E-state index in [0.29, 0.717) is 65.9 Å². The smallest absolute Gasteiger partial charge is 0.410 e. The van der Waals surface area contributed by atoms with Gasteiger partial charge in [-0.3, -0.25) is 9.59 Å². The molecule has 1 aromatic carbocycles. The molecule has 7 rings (SSSR count). The SMILES string of the molecule is CC[C@@]1(O)C(=O)CCc2c1cc1n(c2=O)Cc2cc3cc(OC(=O)N4CCC(N5CCCCC5)CC4)ccc3nc2-1. The largest absolute Gasteiger partial charge is 0.415 e. The minimum Gasteiger partial charge on any atom is -0.410 e. The molecular formula is C32H36N4O5. The van der Waals surface area contributed by atoms with Gasteiger partial charge in [-0.25, -0.2) is 9.78 Å². The van der Waals surface area contributed by atoms with Crippen LogP contribution in [0.1, 0.15) is 68.6 Å². The van der Waals surface area contributed by atoms with Crippen LogP contribution in [-0.4, -0.2) is 68.6 Å². The molecule has 2 fully saturated rings. The zero-order valence-corrected chi connectivity index (χ0v) is 23.5. The average Bonchev–Trinajstić information content (AvgIpc) is 3.36. The van der Waals surface area contributed by atoms with Crippen molar-refractivity contribution in [3.05, 3.63) is 57.4 Å². The van der Waals surface area contributed by atoms with Crippen molar-refractivity contribution in [3.8, 4) is 17.1 Å². The van der Waals surface area contributed by atoms with E-state index < -0.39 is 5.60 Å². The molecule has 1 atom stereocenters. The Labute approximate surface area is 238 Å². The van der Waals surface area contributed by atoms with Crippen molar-refractivity contribution in [2.24, 2.45) is 0 Å². The number of hydrogen-bond acceptors (Lipinski definition) is 7. The third-order valence-corrected chi connectivity index (χ3v) is 9.69. The van der Waals surface area contributed by atoms with E-state index in [-0.39, 0.29) is 30.3 Å². The van der Waals surface area contributed by atoms with Crippen molar-refractivity contribution in [1.82, 2.24) is 19.4 Å². The monoisotopic (exact) mass is 556 g/mol. The van der Waals surface area contributed by atoms with Gasteiger partial charge >= 0.3 is 6.09 Å². The second-order valence-electron chi connectivity index (χ2n) is 12.0. The van der Waals surface area contributed by atoms with Gasteiger partial charge in [0.1, 0.15) is 11.4 Å². The summed E-state index contributed by atoms with van der Waals surface area (Å²) < 4.78 is 7.48. The van der Waals surface area contributed by atoms with Crippen LogP contribution in [0.3, 0.4) is 0 Å². The Kier molecular flexibility index (Phi) is 6.47. The molecular weight excluding hydrogens is 520 g/mol. The molecule has 2 saturated heterocycles. The molecule has 5 heterocycles. The fraction of sp³-hybridized carbons (Fsp3) is 0.500. The molecule has 0 unspecified atom stereocenters. The van der Waals surface area contributed by atoms with Gasteiger partial charge in [-0.15, -0.1) is 0 Å². The highest BCUT2D eigenvalue weighted by atomic mass is 16.6. The fourth-order valence-electron chi connectivity index (χ4n) is 7.27. The van der Waals surface area contributed by atoms with E-state index in [1.54, 1.807) is 28.5 Å². The number of aromatic nitrogens is 2. The summed E-state index contributed by atoms with van der Waals surface area (Å²) in [5, 5.41) is 12.0. The first kappa shape index (κ1) is 26.3. The maximum absolute atomic E-state index is 13.5. The number of ketones is 1. The summed E-state index contributed by atoms with van der Waals surface area (Å²) in [6.45, 7) is 5.89. The summed E-state index contributed by atoms with van der Waals surface area (Å²) in [6, 6.07) is 9.74. The number of ether oxygens (including phenoxy) is 1. The minimum atomic E-state index is -1.64. The van der Waals surface area contributed by atoms with Crippen molar-refractivity contribution >= 4 is 22.8 Å². The molecule has 214 valence electrons. The number of amides is 1. The maximum atomic E-state index is 13.5. The second-order valence-corrected chi connectivity index (χ2v) is 12.0. The molecule has 3 aromatic rings. The summed E-state index contributed by atoms with van der Waals surface area (Å²) >= 11 is 0. The number of carbonyl (C=O) groups is 2. The zero-order valence-electron chi connectivity index (χ0n) is 23.5. The average molecular weight is 557 g/mol. The molecule has 4 aliphatic rings. The summed E-state index contributed by atoms with van der Waals surface area (Å²) in [7, 11) is 0. The van der Waals surface area contributed by atoms with Crippen molar-refractivity contribution < 1.29 is 19.4 Å². The van der Waals surface area contributed by atoms with Crippen LogP contribution in [0, 0.1) is 0 Å². The van der Waals surface area contributed by atoms with E-state index in [0.717, 1.165) is 23.8 Å². The molecule has 1 N–H and O–H groups in total. The second kappa shape index (κ2) is 10.1. The lowest BCUT2D eigenvalue weighted by Gasteiger charge is -2.39. The van der Waals surface area contributed by atoms with Crippen molar-refractivity contribution in [2.45, 2.75) is 76.5 Å². The van der Waals surface area contributed by atoms with Gasteiger partial charge in [0.05, 0.1) is 23.4 Å². The topological polar surface area (TPSA) is 105 Å². The third-order valence-electron chi connectivity index (χ3n) is 9.69. The van der Waals surface area contributed by atoms with Gasteiger partial charge in [0, 0.05) is 47.6 Å². The molecule has 2 aromatic heterocycles. The predicted octanol–water partition coefficient (Wildman–Crippen LogP) is 3.99. The highest BCUT2D eigenvalue weighted by Crippen LogP contribution is 2.39. The van der Waals surface area contributed by atoms with Gasteiger partial charge in [-0.1, -0.05) is 13.3 Å². The Morgan fingerprint density at radius 2 is 1.83 bits per heavy atom. The highest BCUT2D eigenvalue weighted by Gasteiger charge is 2.43. The van der Waals surface area contributed by atoms with E-state index in [1.165, 1.54) is 32.4 Å². The van der Waals surface area contributed by atoms with Crippen LogP contribution in [0.4, 0.5) is 4.79 Å². The quantitative estimate of drug-likeness (QED) is 0.407. The van der Waals surface area contributed by atoms with Gasteiger partial charge in [0.15, 0.2) is 5.78 Å². The number of aliphatic hydroxyl groups is 1. The van der Waals surface area contributed by atoms with Crippen molar-refractivity contribution in [3.63, 3.8) is 0 Å². The first-order valence-electron chi connectivity index (χ1n) is 15.0. The first-order valence-corrected chi connectivity index (χ1v) is 15.0. The van der Waals surface area contributed by atoms with Crippen molar-refractivity contribution in [2.75, 3.05) is 26.2 Å². The molecule has 9 heteroatoms. The Morgan fingerprint density at radius 1 is 1.05 bits per heavy atom.